The van der Waals surface area contributed by atoms with Crippen molar-refractivity contribution < 1.29 is 8.42 Å². The van der Waals surface area contributed by atoms with Gasteiger partial charge < -0.3 is 11.1 Å². The highest BCUT2D eigenvalue weighted by molar-refractivity contribution is 7.91. The number of nitrogens with one attached hydrogen (secondary N) is 1. The SMILES string of the molecule is CCCS(=O)(=O)c1c(N)nsc1NC1CCCC1C. The van der Waals surface area contributed by atoms with Gasteiger partial charge in [0.1, 0.15) is 9.90 Å². The number of rotatable bonds is 5. The molecule has 0 amide bonds. The fourth-order valence-electron chi connectivity index (χ4n) is 2.59. The summed E-state index contributed by atoms with van der Waals surface area (Å²) in [5.41, 5.74) is 5.75. The second kappa shape index (κ2) is 5.66. The molecule has 0 radical (unpaired) electrons. The van der Waals surface area contributed by atoms with Gasteiger partial charge in [0.25, 0.3) is 0 Å². The lowest BCUT2D eigenvalue weighted by Gasteiger charge is -2.18. The van der Waals surface area contributed by atoms with Crippen LogP contribution >= 0.6 is 11.5 Å². The molecule has 2 unspecified atom stereocenters. The molecule has 2 rings (SSSR count). The molecule has 5 nitrogen and oxygen atoms in total. The predicted octanol–water partition coefficient (Wildman–Crippen LogP) is 2.51. The molecule has 0 spiro atoms. The van der Waals surface area contributed by atoms with E-state index in [-0.39, 0.29) is 16.5 Å². The fourth-order valence-corrected chi connectivity index (χ4v) is 5.26. The first kappa shape index (κ1) is 14.6. The summed E-state index contributed by atoms with van der Waals surface area (Å²) in [6.45, 7) is 4.04. The molecule has 3 N–H and O–H groups in total. The number of nitrogens with zero attached hydrogens (tertiary/aromatic N) is 1. The van der Waals surface area contributed by atoms with Crippen LogP contribution in [0, 0.1) is 5.92 Å². The minimum atomic E-state index is -3.33. The first-order chi connectivity index (χ1) is 8.95. The van der Waals surface area contributed by atoms with Crippen LogP contribution in [0.1, 0.15) is 39.5 Å². The highest BCUT2D eigenvalue weighted by atomic mass is 32.2. The van der Waals surface area contributed by atoms with Crippen molar-refractivity contribution in [2.45, 2.75) is 50.5 Å². The summed E-state index contributed by atoms with van der Waals surface area (Å²) in [4.78, 5) is 0.207. The van der Waals surface area contributed by atoms with E-state index < -0.39 is 9.84 Å². The summed E-state index contributed by atoms with van der Waals surface area (Å²) in [5, 5.41) is 3.96. The Labute approximate surface area is 118 Å². The molecule has 0 saturated heterocycles. The number of nitrogens with two attached hydrogens (primary N) is 1. The van der Waals surface area contributed by atoms with Crippen LogP contribution in [-0.2, 0) is 9.84 Å². The molecule has 2 atom stereocenters. The third-order valence-corrected chi connectivity index (χ3v) is 6.54. The molecule has 1 heterocycles. The molecule has 0 aliphatic heterocycles. The average molecular weight is 303 g/mol. The highest BCUT2D eigenvalue weighted by Crippen LogP contribution is 2.36. The van der Waals surface area contributed by atoms with Crippen molar-refractivity contribution in [3.05, 3.63) is 0 Å². The highest BCUT2D eigenvalue weighted by Gasteiger charge is 2.29. The van der Waals surface area contributed by atoms with Crippen molar-refractivity contribution in [1.29, 1.82) is 0 Å². The van der Waals surface area contributed by atoms with E-state index in [1.165, 1.54) is 12.8 Å². The second-order valence-corrected chi connectivity index (χ2v) is 8.02. The summed E-state index contributed by atoms with van der Waals surface area (Å²) in [7, 11) is -3.33. The average Bonchev–Trinajstić information content (AvgIpc) is 2.87. The quantitative estimate of drug-likeness (QED) is 0.873. The Kier molecular flexibility index (Phi) is 4.35. The molecule has 7 heteroatoms. The standard InChI is InChI=1S/C12H21N3O2S2/c1-3-7-19(16,17)10-11(13)15-18-12(10)14-9-6-4-5-8(9)2/h8-9,14H,3-7H2,1-2H3,(H2,13,15). The van der Waals surface area contributed by atoms with Crippen LogP contribution in [0.5, 0.6) is 0 Å². The van der Waals surface area contributed by atoms with Crippen LogP contribution in [0.3, 0.4) is 0 Å². The Hall–Kier alpha value is -0.820. The summed E-state index contributed by atoms with van der Waals surface area (Å²) in [5.74, 6) is 0.807. The minimum Gasteiger partial charge on any atom is -0.382 e. The topological polar surface area (TPSA) is 85.1 Å². The van der Waals surface area contributed by atoms with Gasteiger partial charge in [-0.1, -0.05) is 20.3 Å². The van der Waals surface area contributed by atoms with Gasteiger partial charge in [-0.05, 0) is 36.7 Å². The maximum atomic E-state index is 12.2. The van der Waals surface area contributed by atoms with Crippen LogP contribution < -0.4 is 11.1 Å². The van der Waals surface area contributed by atoms with Crippen molar-refractivity contribution in [2.75, 3.05) is 16.8 Å². The number of aromatic nitrogens is 1. The van der Waals surface area contributed by atoms with Gasteiger partial charge in [0.2, 0.25) is 0 Å². The van der Waals surface area contributed by atoms with Crippen molar-refractivity contribution in [3.63, 3.8) is 0 Å². The Morgan fingerprint density at radius 1 is 1.47 bits per heavy atom. The Morgan fingerprint density at radius 3 is 2.79 bits per heavy atom. The van der Waals surface area contributed by atoms with Crippen molar-refractivity contribution >= 4 is 32.2 Å². The van der Waals surface area contributed by atoms with Crippen LogP contribution in [0.15, 0.2) is 4.90 Å². The van der Waals surface area contributed by atoms with Crippen molar-refractivity contribution in [3.8, 4) is 0 Å². The monoisotopic (exact) mass is 303 g/mol. The molecule has 0 bridgehead atoms. The normalized spacial score (nSPS) is 23.7. The number of hydrogen-bond donors (Lipinski definition) is 2. The Morgan fingerprint density at radius 2 is 2.21 bits per heavy atom. The number of sulfone groups is 1. The van der Waals surface area contributed by atoms with Crippen LogP contribution in [0.2, 0.25) is 0 Å². The van der Waals surface area contributed by atoms with E-state index in [0.29, 0.717) is 23.4 Å². The lowest BCUT2D eigenvalue weighted by molar-refractivity contribution is 0.556. The van der Waals surface area contributed by atoms with Gasteiger partial charge in [-0.3, -0.25) is 0 Å². The summed E-state index contributed by atoms with van der Waals surface area (Å²) < 4.78 is 28.5. The second-order valence-electron chi connectivity index (χ2n) is 5.20. The number of anilines is 2. The van der Waals surface area contributed by atoms with Crippen molar-refractivity contribution in [2.24, 2.45) is 5.92 Å². The number of hydrogen-bond acceptors (Lipinski definition) is 6. The summed E-state index contributed by atoms with van der Waals surface area (Å²) in [6.07, 6.45) is 4.02. The molecule has 1 aromatic rings. The lowest BCUT2D eigenvalue weighted by atomic mass is 10.1. The zero-order chi connectivity index (χ0) is 14.0. The summed E-state index contributed by atoms with van der Waals surface area (Å²) >= 11 is 1.15. The van der Waals surface area contributed by atoms with Gasteiger partial charge in [-0.2, -0.15) is 4.37 Å². The summed E-state index contributed by atoms with van der Waals surface area (Å²) in [6, 6.07) is 0.329. The zero-order valence-electron chi connectivity index (χ0n) is 11.3. The maximum Gasteiger partial charge on any atom is 0.185 e. The van der Waals surface area contributed by atoms with Crippen molar-refractivity contribution in [1.82, 2.24) is 4.37 Å². The van der Waals surface area contributed by atoms with E-state index in [9.17, 15) is 8.42 Å². The molecular weight excluding hydrogens is 282 g/mol. The predicted molar refractivity (Wildman–Crippen MR) is 79.3 cm³/mol. The van der Waals surface area contributed by atoms with E-state index in [0.717, 1.165) is 18.0 Å². The van der Waals surface area contributed by atoms with Gasteiger partial charge >= 0.3 is 0 Å². The first-order valence-corrected chi connectivity index (χ1v) is 9.12. The third kappa shape index (κ3) is 3.02. The lowest BCUT2D eigenvalue weighted by Crippen LogP contribution is -2.22. The Bertz CT molecular complexity index is 539. The molecule has 1 aliphatic rings. The Balaban J connectivity index is 2.27. The van der Waals surface area contributed by atoms with E-state index >= 15 is 0 Å². The first-order valence-electron chi connectivity index (χ1n) is 6.70. The van der Waals surface area contributed by atoms with Gasteiger partial charge in [0, 0.05) is 6.04 Å². The van der Waals surface area contributed by atoms with Gasteiger partial charge in [0.05, 0.1) is 5.75 Å². The van der Waals surface area contributed by atoms with Crippen LogP contribution in [0.4, 0.5) is 10.8 Å². The molecular formula is C12H21N3O2S2. The third-order valence-electron chi connectivity index (χ3n) is 3.64. The molecule has 19 heavy (non-hydrogen) atoms. The molecule has 108 valence electrons. The van der Waals surface area contributed by atoms with E-state index in [1.54, 1.807) is 0 Å². The van der Waals surface area contributed by atoms with Gasteiger partial charge in [-0.25, -0.2) is 8.42 Å². The fraction of sp³-hybridized carbons (Fsp3) is 0.750. The molecule has 1 fully saturated rings. The van der Waals surface area contributed by atoms with Gasteiger partial charge in [0.15, 0.2) is 15.7 Å². The minimum absolute atomic E-state index is 0.116. The molecule has 0 aromatic carbocycles. The van der Waals surface area contributed by atoms with Crippen LogP contribution in [-0.4, -0.2) is 24.6 Å². The molecule has 1 aliphatic carbocycles. The van der Waals surface area contributed by atoms with Crippen LogP contribution in [0.25, 0.3) is 0 Å². The maximum absolute atomic E-state index is 12.2. The largest absolute Gasteiger partial charge is 0.382 e. The van der Waals surface area contributed by atoms with E-state index in [4.69, 9.17) is 5.73 Å². The number of nitrogen functional groups attached to an aromatic ring is 1. The van der Waals surface area contributed by atoms with E-state index in [1.807, 2.05) is 6.92 Å². The molecule has 1 saturated carbocycles. The van der Waals surface area contributed by atoms with E-state index in [2.05, 4.69) is 16.6 Å². The molecule has 1 aromatic heterocycles. The zero-order valence-corrected chi connectivity index (χ0v) is 13.0. The van der Waals surface area contributed by atoms with Gasteiger partial charge in [-0.15, -0.1) is 0 Å². The smallest absolute Gasteiger partial charge is 0.185 e.